The summed E-state index contributed by atoms with van der Waals surface area (Å²) in [6.45, 7) is 1.73. The van der Waals surface area contributed by atoms with Crippen LogP contribution in [0.15, 0.2) is 30.3 Å². The minimum absolute atomic E-state index is 0.335. The maximum atomic E-state index is 13.2. The molecule has 0 atom stereocenters. The van der Waals surface area contributed by atoms with Gasteiger partial charge < -0.3 is 0 Å². The van der Waals surface area contributed by atoms with Crippen LogP contribution in [0.3, 0.4) is 0 Å². The highest BCUT2D eigenvalue weighted by Crippen LogP contribution is 2.29. The molecular formula is C12H8Cl2FN. The molecule has 16 heavy (non-hydrogen) atoms. The van der Waals surface area contributed by atoms with Gasteiger partial charge in [-0.1, -0.05) is 23.2 Å². The van der Waals surface area contributed by atoms with E-state index in [2.05, 4.69) is 4.98 Å². The van der Waals surface area contributed by atoms with Crippen LogP contribution in [0.25, 0.3) is 11.3 Å². The van der Waals surface area contributed by atoms with Crippen LogP contribution >= 0.6 is 23.2 Å². The summed E-state index contributed by atoms with van der Waals surface area (Å²) < 4.78 is 13.2. The SMILES string of the molecule is Cc1cc(F)cc(-c2cc(Cl)ccc2Cl)n1. The quantitative estimate of drug-likeness (QED) is 0.731. The van der Waals surface area contributed by atoms with E-state index in [0.717, 1.165) is 0 Å². The van der Waals surface area contributed by atoms with E-state index >= 15 is 0 Å². The van der Waals surface area contributed by atoms with Crippen molar-refractivity contribution in [3.05, 3.63) is 51.9 Å². The highest BCUT2D eigenvalue weighted by Gasteiger charge is 2.07. The Kier molecular flexibility index (Phi) is 3.13. The van der Waals surface area contributed by atoms with E-state index in [9.17, 15) is 4.39 Å². The van der Waals surface area contributed by atoms with Crippen molar-refractivity contribution < 1.29 is 4.39 Å². The van der Waals surface area contributed by atoms with Gasteiger partial charge in [-0.2, -0.15) is 0 Å². The topological polar surface area (TPSA) is 12.9 Å². The van der Waals surface area contributed by atoms with Gasteiger partial charge in [-0.25, -0.2) is 4.39 Å². The highest BCUT2D eigenvalue weighted by atomic mass is 35.5. The van der Waals surface area contributed by atoms with Gasteiger partial charge >= 0.3 is 0 Å². The summed E-state index contributed by atoms with van der Waals surface area (Å²) in [4.78, 5) is 4.22. The van der Waals surface area contributed by atoms with Gasteiger partial charge in [0.25, 0.3) is 0 Å². The summed E-state index contributed by atoms with van der Waals surface area (Å²) in [6, 6.07) is 7.72. The molecular weight excluding hydrogens is 248 g/mol. The molecule has 0 saturated carbocycles. The Bertz CT molecular complexity index is 520. The largest absolute Gasteiger partial charge is 0.253 e. The zero-order chi connectivity index (χ0) is 11.7. The first-order chi connectivity index (χ1) is 7.56. The third kappa shape index (κ3) is 2.34. The van der Waals surface area contributed by atoms with Crippen LogP contribution in [-0.4, -0.2) is 4.98 Å². The first-order valence-electron chi connectivity index (χ1n) is 4.66. The summed E-state index contributed by atoms with van der Waals surface area (Å²) in [5.74, 6) is -0.335. The fourth-order valence-corrected chi connectivity index (χ4v) is 1.84. The smallest absolute Gasteiger partial charge is 0.127 e. The van der Waals surface area contributed by atoms with Crippen molar-refractivity contribution in [1.82, 2.24) is 4.98 Å². The number of nitrogens with zero attached hydrogens (tertiary/aromatic N) is 1. The zero-order valence-electron chi connectivity index (χ0n) is 8.47. The number of hydrogen-bond donors (Lipinski definition) is 0. The third-order valence-corrected chi connectivity index (χ3v) is 2.69. The summed E-state index contributed by atoms with van der Waals surface area (Å²) in [6.07, 6.45) is 0. The molecule has 1 aromatic carbocycles. The Hall–Kier alpha value is -1.12. The predicted octanol–water partition coefficient (Wildman–Crippen LogP) is 4.50. The summed E-state index contributed by atoms with van der Waals surface area (Å²) in [5, 5.41) is 1.05. The van der Waals surface area contributed by atoms with Gasteiger partial charge in [0.15, 0.2) is 0 Å². The lowest BCUT2D eigenvalue weighted by atomic mass is 10.1. The number of aromatic nitrogens is 1. The molecule has 0 amide bonds. The molecule has 2 aromatic rings. The van der Waals surface area contributed by atoms with Crippen LogP contribution in [0.2, 0.25) is 10.0 Å². The van der Waals surface area contributed by atoms with E-state index in [1.54, 1.807) is 25.1 Å². The molecule has 0 spiro atoms. The van der Waals surface area contributed by atoms with Gasteiger partial charge in [0.05, 0.1) is 10.7 Å². The maximum absolute atomic E-state index is 13.2. The molecule has 4 heteroatoms. The van der Waals surface area contributed by atoms with Crippen molar-refractivity contribution in [2.75, 3.05) is 0 Å². The molecule has 1 heterocycles. The Morgan fingerprint density at radius 1 is 1.12 bits per heavy atom. The number of aryl methyl sites for hydroxylation is 1. The van der Waals surface area contributed by atoms with Gasteiger partial charge in [0.2, 0.25) is 0 Å². The van der Waals surface area contributed by atoms with Gasteiger partial charge in [0, 0.05) is 22.3 Å². The van der Waals surface area contributed by atoms with Gasteiger partial charge in [-0.05, 0) is 31.2 Å². The fourth-order valence-electron chi connectivity index (χ4n) is 1.46. The second-order valence-corrected chi connectivity index (χ2v) is 4.28. The monoisotopic (exact) mass is 255 g/mol. The lowest BCUT2D eigenvalue weighted by molar-refractivity contribution is 0.624. The van der Waals surface area contributed by atoms with Gasteiger partial charge in [-0.15, -0.1) is 0 Å². The Labute approximate surface area is 103 Å². The molecule has 0 aliphatic rings. The van der Waals surface area contributed by atoms with Gasteiger partial charge in [-0.3, -0.25) is 4.98 Å². The van der Waals surface area contributed by atoms with E-state index in [4.69, 9.17) is 23.2 Å². The van der Waals surface area contributed by atoms with Crippen LogP contribution < -0.4 is 0 Å². The molecule has 0 aliphatic heterocycles. The molecule has 0 saturated heterocycles. The minimum Gasteiger partial charge on any atom is -0.253 e. The molecule has 0 bridgehead atoms. The van der Waals surface area contributed by atoms with Crippen molar-refractivity contribution >= 4 is 23.2 Å². The Morgan fingerprint density at radius 2 is 1.88 bits per heavy atom. The highest BCUT2D eigenvalue weighted by molar-refractivity contribution is 6.35. The number of benzene rings is 1. The number of hydrogen-bond acceptors (Lipinski definition) is 1. The normalized spacial score (nSPS) is 10.5. The van der Waals surface area contributed by atoms with E-state index in [-0.39, 0.29) is 5.82 Å². The Balaban J connectivity index is 2.62. The number of halogens is 3. The molecule has 0 N–H and O–H groups in total. The molecule has 1 aromatic heterocycles. The Morgan fingerprint density at radius 3 is 2.56 bits per heavy atom. The fraction of sp³-hybridized carbons (Fsp3) is 0.0833. The lowest BCUT2D eigenvalue weighted by Gasteiger charge is -2.05. The molecule has 0 radical (unpaired) electrons. The average Bonchev–Trinajstić information content (AvgIpc) is 2.20. The summed E-state index contributed by atoms with van der Waals surface area (Å²) >= 11 is 11.9. The second kappa shape index (κ2) is 4.40. The molecule has 0 aliphatic carbocycles. The van der Waals surface area contributed by atoms with Crippen LogP contribution in [0.5, 0.6) is 0 Å². The van der Waals surface area contributed by atoms with Crippen LogP contribution in [0, 0.1) is 12.7 Å². The van der Waals surface area contributed by atoms with Gasteiger partial charge in [0.1, 0.15) is 5.82 Å². The third-order valence-electron chi connectivity index (χ3n) is 2.12. The zero-order valence-corrected chi connectivity index (χ0v) is 9.98. The van der Waals surface area contributed by atoms with E-state index in [1.165, 1.54) is 12.1 Å². The van der Waals surface area contributed by atoms with E-state index in [0.29, 0.717) is 27.0 Å². The standard InChI is InChI=1S/C12H8Cl2FN/c1-7-4-9(15)6-12(16-7)10-5-8(13)2-3-11(10)14/h2-6H,1H3. The summed E-state index contributed by atoms with van der Waals surface area (Å²) in [5.41, 5.74) is 1.73. The number of rotatable bonds is 1. The lowest BCUT2D eigenvalue weighted by Crippen LogP contribution is -1.90. The predicted molar refractivity (Wildman–Crippen MR) is 64.4 cm³/mol. The first-order valence-corrected chi connectivity index (χ1v) is 5.41. The minimum atomic E-state index is -0.335. The van der Waals surface area contributed by atoms with Crippen LogP contribution in [0.1, 0.15) is 5.69 Å². The molecule has 2 rings (SSSR count). The van der Waals surface area contributed by atoms with Crippen molar-refractivity contribution in [2.45, 2.75) is 6.92 Å². The van der Waals surface area contributed by atoms with Crippen molar-refractivity contribution in [3.8, 4) is 11.3 Å². The second-order valence-electron chi connectivity index (χ2n) is 3.44. The van der Waals surface area contributed by atoms with Crippen LogP contribution in [-0.2, 0) is 0 Å². The van der Waals surface area contributed by atoms with Crippen molar-refractivity contribution in [1.29, 1.82) is 0 Å². The molecule has 82 valence electrons. The van der Waals surface area contributed by atoms with E-state index < -0.39 is 0 Å². The number of pyridine rings is 1. The maximum Gasteiger partial charge on any atom is 0.127 e. The molecule has 1 nitrogen and oxygen atoms in total. The average molecular weight is 256 g/mol. The van der Waals surface area contributed by atoms with E-state index in [1.807, 2.05) is 0 Å². The van der Waals surface area contributed by atoms with Crippen molar-refractivity contribution in [3.63, 3.8) is 0 Å². The molecule has 0 fully saturated rings. The van der Waals surface area contributed by atoms with Crippen molar-refractivity contribution in [2.24, 2.45) is 0 Å². The first kappa shape index (κ1) is 11.4. The molecule has 0 unspecified atom stereocenters. The summed E-state index contributed by atoms with van der Waals surface area (Å²) in [7, 11) is 0. The van der Waals surface area contributed by atoms with Crippen LogP contribution in [0.4, 0.5) is 4.39 Å².